The highest BCUT2D eigenvalue weighted by Gasteiger charge is 2.24. The molecule has 1 atom stereocenters. The molecule has 0 spiro atoms. The maximum absolute atomic E-state index is 6.01. The van der Waals surface area contributed by atoms with E-state index in [0.717, 1.165) is 31.9 Å². The Bertz CT molecular complexity index is 562. The minimum absolute atomic E-state index is 0.359. The van der Waals surface area contributed by atoms with Crippen LogP contribution in [0.3, 0.4) is 0 Å². The summed E-state index contributed by atoms with van der Waals surface area (Å²) in [7, 11) is 1.70. The number of piperazine rings is 1. The van der Waals surface area contributed by atoms with Crippen LogP contribution >= 0.6 is 11.3 Å². The summed E-state index contributed by atoms with van der Waals surface area (Å²) in [5.41, 5.74) is 7.27. The Morgan fingerprint density at radius 3 is 2.41 bits per heavy atom. The summed E-state index contributed by atoms with van der Waals surface area (Å²) in [6.07, 6.45) is 0. The molecule has 1 fully saturated rings. The lowest BCUT2D eigenvalue weighted by molar-refractivity contribution is 0.193. The second-order valence-electron chi connectivity index (χ2n) is 5.49. The zero-order valence-electron chi connectivity index (χ0n) is 12.9. The average molecular weight is 317 g/mol. The van der Waals surface area contributed by atoms with E-state index in [1.807, 2.05) is 12.1 Å². The van der Waals surface area contributed by atoms with E-state index >= 15 is 0 Å². The van der Waals surface area contributed by atoms with Crippen LogP contribution in [0.25, 0.3) is 0 Å². The zero-order valence-corrected chi connectivity index (χ0v) is 13.8. The van der Waals surface area contributed by atoms with E-state index in [1.54, 1.807) is 18.4 Å². The number of benzene rings is 1. The highest BCUT2D eigenvalue weighted by molar-refractivity contribution is 7.10. The minimum Gasteiger partial charge on any atom is -0.497 e. The molecule has 1 saturated heterocycles. The van der Waals surface area contributed by atoms with Crippen molar-refractivity contribution in [3.05, 3.63) is 46.7 Å². The highest BCUT2D eigenvalue weighted by atomic mass is 32.1. The van der Waals surface area contributed by atoms with Gasteiger partial charge in [0.25, 0.3) is 0 Å². The molecule has 2 N–H and O–H groups in total. The molecule has 0 bridgehead atoms. The smallest absolute Gasteiger partial charge is 0.119 e. The van der Waals surface area contributed by atoms with Gasteiger partial charge in [-0.05, 0) is 35.7 Å². The summed E-state index contributed by atoms with van der Waals surface area (Å²) in [5.74, 6) is 0.906. The van der Waals surface area contributed by atoms with E-state index in [1.165, 1.54) is 10.6 Å². The summed E-state index contributed by atoms with van der Waals surface area (Å²) in [6, 6.07) is 13.0. The quantitative estimate of drug-likeness (QED) is 0.920. The molecule has 4 nitrogen and oxygen atoms in total. The Hall–Kier alpha value is -1.56. The normalized spacial score (nSPS) is 17.5. The molecular weight excluding hydrogens is 294 g/mol. The van der Waals surface area contributed by atoms with Crippen LogP contribution < -0.4 is 15.4 Å². The third-order valence-corrected chi connectivity index (χ3v) is 5.26. The SMILES string of the molecule is COc1ccc(N2CCN(C(CN)c3cccs3)CC2)cc1. The number of ether oxygens (including phenoxy) is 1. The Morgan fingerprint density at radius 2 is 1.86 bits per heavy atom. The summed E-state index contributed by atoms with van der Waals surface area (Å²) >= 11 is 1.80. The van der Waals surface area contributed by atoms with Crippen molar-refractivity contribution in [3.63, 3.8) is 0 Å². The molecule has 0 radical (unpaired) electrons. The molecule has 2 heterocycles. The van der Waals surface area contributed by atoms with Gasteiger partial charge in [0.1, 0.15) is 5.75 Å². The monoisotopic (exact) mass is 317 g/mol. The zero-order chi connectivity index (χ0) is 15.4. The number of methoxy groups -OCH3 is 1. The lowest BCUT2D eigenvalue weighted by atomic mass is 10.1. The Morgan fingerprint density at radius 1 is 1.14 bits per heavy atom. The van der Waals surface area contributed by atoms with Crippen LogP contribution in [0.1, 0.15) is 10.9 Å². The molecule has 0 saturated carbocycles. The van der Waals surface area contributed by atoms with Crippen molar-refractivity contribution in [3.8, 4) is 5.75 Å². The molecule has 1 aromatic carbocycles. The van der Waals surface area contributed by atoms with E-state index in [4.69, 9.17) is 10.5 Å². The van der Waals surface area contributed by atoms with Gasteiger partial charge in [0.05, 0.1) is 13.2 Å². The third kappa shape index (κ3) is 3.27. The molecule has 1 aliphatic heterocycles. The first-order valence-electron chi connectivity index (χ1n) is 7.68. The number of rotatable bonds is 5. The first-order valence-corrected chi connectivity index (χ1v) is 8.56. The fourth-order valence-electron chi connectivity index (χ4n) is 3.01. The van der Waals surface area contributed by atoms with Crippen molar-refractivity contribution in [1.29, 1.82) is 0 Å². The summed E-state index contributed by atoms with van der Waals surface area (Å²) in [4.78, 5) is 6.31. The van der Waals surface area contributed by atoms with E-state index in [-0.39, 0.29) is 0 Å². The van der Waals surface area contributed by atoms with Crippen molar-refractivity contribution in [2.75, 3.05) is 44.7 Å². The predicted molar refractivity (Wildman–Crippen MR) is 92.9 cm³/mol. The Balaban J connectivity index is 1.61. The van der Waals surface area contributed by atoms with Crippen LogP contribution in [-0.4, -0.2) is 44.7 Å². The Kier molecular flexibility index (Phi) is 4.97. The number of thiophene rings is 1. The van der Waals surface area contributed by atoms with Gasteiger partial charge < -0.3 is 15.4 Å². The van der Waals surface area contributed by atoms with E-state index in [9.17, 15) is 0 Å². The van der Waals surface area contributed by atoms with Gasteiger partial charge in [0, 0.05) is 43.3 Å². The number of hydrogen-bond acceptors (Lipinski definition) is 5. The molecule has 2 aromatic rings. The average Bonchev–Trinajstić information content (AvgIpc) is 3.11. The minimum atomic E-state index is 0.359. The van der Waals surface area contributed by atoms with Gasteiger partial charge >= 0.3 is 0 Å². The first-order chi connectivity index (χ1) is 10.8. The second-order valence-corrected chi connectivity index (χ2v) is 6.47. The van der Waals surface area contributed by atoms with Crippen molar-refractivity contribution < 1.29 is 4.74 Å². The first kappa shape index (κ1) is 15.3. The van der Waals surface area contributed by atoms with Crippen molar-refractivity contribution in [1.82, 2.24) is 4.90 Å². The lowest BCUT2D eigenvalue weighted by Gasteiger charge is -2.39. The van der Waals surface area contributed by atoms with Gasteiger partial charge in [-0.15, -0.1) is 11.3 Å². The molecule has 22 heavy (non-hydrogen) atoms. The standard InChI is InChI=1S/C17H23N3OS/c1-21-15-6-4-14(5-7-15)19-8-10-20(11-9-19)16(13-18)17-3-2-12-22-17/h2-7,12,16H,8-11,13,18H2,1H3. The second kappa shape index (κ2) is 7.13. The molecule has 1 aromatic heterocycles. The van der Waals surface area contributed by atoms with Crippen LogP contribution in [0.15, 0.2) is 41.8 Å². The van der Waals surface area contributed by atoms with Crippen LogP contribution in [0, 0.1) is 0 Å². The fourth-order valence-corrected chi connectivity index (χ4v) is 3.88. The highest BCUT2D eigenvalue weighted by Crippen LogP contribution is 2.27. The molecule has 1 aliphatic rings. The van der Waals surface area contributed by atoms with Crippen molar-refractivity contribution in [2.45, 2.75) is 6.04 Å². The van der Waals surface area contributed by atoms with Gasteiger partial charge in [0.2, 0.25) is 0 Å². The molecule has 0 aliphatic carbocycles. The fraction of sp³-hybridized carbons (Fsp3) is 0.412. The van der Waals surface area contributed by atoms with E-state index < -0.39 is 0 Å². The molecule has 3 rings (SSSR count). The van der Waals surface area contributed by atoms with Crippen LogP contribution in [0.2, 0.25) is 0 Å². The van der Waals surface area contributed by atoms with Crippen LogP contribution in [-0.2, 0) is 0 Å². The third-order valence-electron chi connectivity index (χ3n) is 4.29. The number of anilines is 1. The number of hydrogen-bond donors (Lipinski definition) is 1. The van der Waals surface area contributed by atoms with Gasteiger partial charge in [-0.25, -0.2) is 0 Å². The molecular formula is C17H23N3OS. The molecule has 0 amide bonds. The Labute approximate surface area is 136 Å². The largest absolute Gasteiger partial charge is 0.497 e. The maximum atomic E-state index is 6.01. The lowest BCUT2D eigenvalue weighted by Crippen LogP contribution is -2.49. The van der Waals surface area contributed by atoms with Gasteiger partial charge in [-0.1, -0.05) is 6.07 Å². The van der Waals surface area contributed by atoms with E-state index in [2.05, 4.69) is 39.4 Å². The number of nitrogens with two attached hydrogens (primary N) is 1. The van der Waals surface area contributed by atoms with Gasteiger partial charge in [-0.2, -0.15) is 0 Å². The van der Waals surface area contributed by atoms with Crippen molar-refractivity contribution >= 4 is 17.0 Å². The topological polar surface area (TPSA) is 41.7 Å². The summed E-state index contributed by atoms with van der Waals surface area (Å²) < 4.78 is 5.22. The van der Waals surface area contributed by atoms with Crippen molar-refractivity contribution in [2.24, 2.45) is 5.73 Å². The molecule has 5 heteroatoms. The van der Waals surface area contributed by atoms with Crippen LogP contribution in [0.4, 0.5) is 5.69 Å². The summed E-state index contributed by atoms with van der Waals surface area (Å²) in [6.45, 7) is 4.85. The predicted octanol–water partition coefficient (Wildman–Crippen LogP) is 2.58. The molecule has 118 valence electrons. The van der Waals surface area contributed by atoms with Crippen LogP contribution in [0.5, 0.6) is 5.75 Å². The van der Waals surface area contributed by atoms with Gasteiger partial charge in [-0.3, -0.25) is 4.90 Å². The summed E-state index contributed by atoms with van der Waals surface area (Å²) in [5, 5.41) is 2.13. The maximum Gasteiger partial charge on any atom is 0.119 e. The van der Waals surface area contributed by atoms with Gasteiger partial charge in [0.15, 0.2) is 0 Å². The number of nitrogens with zero attached hydrogens (tertiary/aromatic N) is 2. The van der Waals surface area contributed by atoms with E-state index in [0.29, 0.717) is 12.6 Å². The molecule has 1 unspecified atom stereocenters.